The molecule has 0 amide bonds. The maximum absolute atomic E-state index is 9.01. The van der Waals surface area contributed by atoms with Gasteiger partial charge in [0.05, 0.1) is 12.7 Å². The molecule has 1 atom stereocenters. The third-order valence-corrected chi connectivity index (χ3v) is 2.07. The molecule has 1 rings (SSSR count). The van der Waals surface area contributed by atoms with Crippen LogP contribution in [0.3, 0.4) is 0 Å². The molecule has 0 spiro atoms. The summed E-state index contributed by atoms with van der Waals surface area (Å²) >= 11 is 1.30. The molecule has 0 aromatic heterocycles. The highest BCUT2D eigenvalue weighted by molar-refractivity contribution is 8.12. The average Bonchev–Trinajstić information content (AvgIpc) is 2.35. The van der Waals surface area contributed by atoms with Crippen LogP contribution in [0.5, 0.6) is 0 Å². The van der Waals surface area contributed by atoms with E-state index in [1.165, 1.54) is 11.9 Å². The molecule has 11 heavy (non-hydrogen) atoms. The molecule has 0 aliphatic carbocycles. The van der Waals surface area contributed by atoms with E-state index in [1.807, 2.05) is 0 Å². The fourth-order valence-corrected chi connectivity index (χ4v) is 1.47. The second kappa shape index (κ2) is 3.91. The first-order chi connectivity index (χ1) is 5.22. The van der Waals surface area contributed by atoms with Crippen LogP contribution in [0.1, 0.15) is 0 Å². The number of hydrogen-bond donors (Lipinski definition) is 3. The quantitative estimate of drug-likeness (QED) is 0.461. The van der Waals surface area contributed by atoms with Crippen LogP contribution in [0.4, 0.5) is 0 Å². The minimum atomic E-state index is -0.705. The summed E-state index contributed by atoms with van der Waals surface area (Å²) in [5.41, 5.74) is 5.37. The zero-order valence-electron chi connectivity index (χ0n) is 5.97. The molecule has 1 aliphatic rings. The Bertz CT molecular complexity index is 164. The predicted molar refractivity (Wildman–Crippen MR) is 43.9 cm³/mol. The van der Waals surface area contributed by atoms with Crippen LogP contribution in [-0.4, -0.2) is 45.6 Å². The molecule has 1 heterocycles. The van der Waals surface area contributed by atoms with Crippen LogP contribution >= 0.6 is 11.9 Å². The Morgan fingerprint density at radius 3 is 3.00 bits per heavy atom. The molecule has 1 unspecified atom stereocenters. The Labute approximate surface area is 69.0 Å². The average molecular weight is 177 g/mol. The van der Waals surface area contributed by atoms with Gasteiger partial charge in [-0.25, -0.2) is 9.30 Å². The fourth-order valence-electron chi connectivity index (χ4n) is 0.726. The first-order valence-corrected chi connectivity index (χ1v) is 4.01. The summed E-state index contributed by atoms with van der Waals surface area (Å²) in [5, 5.41) is 18.0. The van der Waals surface area contributed by atoms with Gasteiger partial charge in [0, 0.05) is 6.54 Å². The Balaban J connectivity index is 2.20. The molecule has 5 nitrogen and oxygen atoms in total. The van der Waals surface area contributed by atoms with Crippen molar-refractivity contribution in [1.29, 1.82) is 0 Å². The van der Waals surface area contributed by atoms with E-state index < -0.39 is 6.10 Å². The summed E-state index contributed by atoms with van der Waals surface area (Å²) in [7, 11) is 0. The summed E-state index contributed by atoms with van der Waals surface area (Å²) in [6.07, 6.45) is -0.705. The maximum atomic E-state index is 9.01. The monoisotopic (exact) mass is 177 g/mol. The number of nitrogens with zero attached hydrogens (tertiary/aromatic N) is 2. The van der Waals surface area contributed by atoms with E-state index in [0.29, 0.717) is 18.4 Å². The lowest BCUT2D eigenvalue weighted by Gasteiger charge is -2.14. The van der Waals surface area contributed by atoms with Gasteiger partial charge >= 0.3 is 0 Å². The molecule has 0 fully saturated rings. The van der Waals surface area contributed by atoms with E-state index in [4.69, 9.17) is 15.9 Å². The summed E-state index contributed by atoms with van der Waals surface area (Å²) in [4.78, 5) is 3.90. The summed E-state index contributed by atoms with van der Waals surface area (Å²) in [6.45, 7) is 0.663. The highest BCUT2D eigenvalue weighted by Gasteiger charge is 2.17. The number of hydrogen-bond acceptors (Lipinski definition) is 6. The Morgan fingerprint density at radius 1 is 1.82 bits per heavy atom. The molecular formula is C5H11N3O2S. The largest absolute Gasteiger partial charge is 0.394 e. The van der Waals surface area contributed by atoms with Gasteiger partial charge in [0.2, 0.25) is 0 Å². The van der Waals surface area contributed by atoms with Gasteiger partial charge in [-0.3, -0.25) is 0 Å². The van der Waals surface area contributed by atoms with E-state index in [0.717, 1.165) is 0 Å². The van der Waals surface area contributed by atoms with E-state index in [9.17, 15) is 0 Å². The second-order valence-corrected chi connectivity index (χ2v) is 3.35. The van der Waals surface area contributed by atoms with Gasteiger partial charge in [-0.05, 0) is 11.9 Å². The third kappa shape index (κ3) is 2.66. The first kappa shape index (κ1) is 8.79. The van der Waals surface area contributed by atoms with Crippen LogP contribution in [0.2, 0.25) is 0 Å². The summed E-state index contributed by atoms with van der Waals surface area (Å²) in [6, 6.07) is 0. The predicted octanol–water partition coefficient (Wildman–Crippen LogP) is -1.42. The molecule has 0 aromatic rings. The highest BCUT2D eigenvalue weighted by Crippen LogP contribution is 2.16. The van der Waals surface area contributed by atoms with Crippen LogP contribution in [0.25, 0.3) is 0 Å². The Kier molecular flexibility index (Phi) is 3.13. The second-order valence-electron chi connectivity index (χ2n) is 2.23. The molecule has 0 saturated carbocycles. The van der Waals surface area contributed by atoms with Gasteiger partial charge in [-0.1, -0.05) is 0 Å². The molecular weight excluding hydrogens is 166 g/mol. The number of nitrogens with two attached hydrogens (primary N) is 1. The first-order valence-electron chi connectivity index (χ1n) is 3.24. The lowest BCUT2D eigenvalue weighted by molar-refractivity contribution is 0.0818. The van der Waals surface area contributed by atoms with Crippen molar-refractivity contribution in [3.8, 4) is 0 Å². The number of amidine groups is 1. The zero-order chi connectivity index (χ0) is 8.27. The van der Waals surface area contributed by atoms with Crippen LogP contribution in [0, 0.1) is 0 Å². The minimum Gasteiger partial charge on any atom is -0.394 e. The van der Waals surface area contributed by atoms with Gasteiger partial charge < -0.3 is 15.9 Å². The number of rotatable bonds is 3. The number of β-amino-alcohol motifs (C(OH)–C–C–N with tert-alkyl or cyclic N) is 1. The lowest BCUT2D eigenvalue weighted by atomic mass is 10.4. The molecule has 0 aromatic carbocycles. The summed E-state index contributed by atoms with van der Waals surface area (Å²) < 4.78 is 1.79. The topological polar surface area (TPSA) is 82.1 Å². The van der Waals surface area contributed by atoms with Crippen molar-refractivity contribution in [3.05, 3.63) is 0 Å². The van der Waals surface area contributed by atoms with Crippen LogP contribution in [0.15, 0.2) is 4.99 Å². The van der Waals surface area contributed by atoms with Crippen LogP contribution in [-0.2, 0) is 0 Å². The van der Waals surface area contributed by atoms with Gasteiger partial charge in [0.15, 0.2) is 5.17 Å². The normalized spacial score (nSPS) is 21.8. The molecule has 64 valence electrons. The number of aliphatic hydroxyl groups is 2. The van der Waals surface area contributed by atoms with Crippen molar-refractivity contribution in [2.45, 2.75) is 6.10 Å². The van der Waals surface area contributed by atoms with E-state index >= 15 is 0 Å². The van der Waals surface area contributed by atoms with Gasteiger partial charge in [0.1, 0.15) is 6.67 Å². The zero-order valence-corrected chi connectivity index (χ0v) is 6.79. The number of aliphatic imine (C=N–C) groups is 1. The maximum Gasteiger partial charge on any atom is 0.170 e. The molecule has 0 radical (unpaired) electrons. The highest BCUT2D eigenvalue weighted by atomic mass is 32.2. The molecule has 4 N–H and O–H groups in total. The van der Waals surface area contributed by atoms with E-state index in [-0.39, 0.29) is 6.61 Å². The molecule has 0 bridgehead atoms. The van der Waals surface area contributed by atoms with Crippen molar-refractivity contribution in [2.24, 2.45) is 10.7 Å². The standard InChI is InChI=1S/C5H11N3O2S/c6-5-7-3-8(11-5)1-4(10)2-9/h4,9-10H,1-3H2,(H2,6,7). The van der Waals surface area contributed by atoms with Crippen molar-refractivity contribution >= 4 is 17.1 Å². The minimum absolute atomic E-state index is 0.225. The lowest BCUT2D eigenvalue weighted by Crippen LogP contribution is -2.28. The fraction of sp³-hybridized carbons (Fsp3) is 0.800. The van der Waals surface area contributed by atoms with Gasteiger partial charge in [-0.15, -0.1) is 0 Å². The van der Waals surface area contributed by atoms with E-state index in [1.54, 1.807) is 4.31 Å². The van der Waals surface area contributed by atoms with Crippen molar-refractivity contribution < 1.29 is 10.2 Å². The van der Waals surface area contributed by atoms with Crippen LogP contribution < -0.4 is 5.73 Å². The molecule has 1 aliphatic heterocycles. The van der Waals surface area contributed by atoms with Crippen molar-refractivity contribution in [1.82, 2.24) is 4.31 Å². The van der Waals surface area contributed by atoms with Crippen molar-refractivity contribution in [3.63, 3.8) is 0 Å². The Hall–Kier alpha value is -0.300. The van der Waals surface area contributed by atoms with Gasteiger partial charge in [-0.2, -0.15) is 0 Å². The molecule has 0 saturated heterocycles. The summed E-state index contributed by atoms with van der Waals surface area (Å²) in [5.74, 6) is 0. The smallest absolute Gasteiger partial charge is 0.170 e. The number of aliphatic hydroxyl groups excluding tert-OH is 2. The van der Waals surface area contributed by atoms with E-state index in [2.05, 4.69) is 4.99 Å². The van der Waals surface area contributed by atoms with Gasteiger partial charge in [0.25, 0.3) is 0 Å². The Morgan fingerprint density at radius 2 is 2.55 bits per heavy atom. The SMILES string of the molecule is NC1=NCN(CC(O)CO)S1. The van der Waals surface area contributed by atoms with Crippen molar-refractivity contribution in [2.75, 3.05) is 19.8 Å². The third-order valence-electron chi connectivity index (χ3n) is 1.23. The molecule has 6 heteroatoms.